The Labute approximate surface area is 98.7 Å². The van der Waals surface area contributed by atoms with E-state index in [1.807, 2.05) is 6.92 Å². The van der Waals surface area contributed by atoms with Crippen molar-refractivity contribution in [1.82, 2.24) is 0 Å². The number of carbonyl (C=O) groups excluding carboxylic acids is 1. The van der Waals surface area contributed by atoms with Gasteiger partial charge in [0, 0.05) is 5.56 Å². The normalized spacial score (nSPS) is 14.4. The van der Waals surface area contributed by atoms with E-state index < -0.39 is 12.8 Å². The first kappa shape index (κ1) is 13.4. The van der Waals surface area contributed by atoms with Gasteiger partial charge in [-0.3, -0.25) is 9.36 Å². The minimum absolute atomic E-state index is 0.0763. The Balaban J connectivity index is 2.99. The second kappa shape index (κ2) is 5.60. The van der Waals surface area contributed by atoms with E-state index in [9.17, 15) is 14.3 Å². The molecule has 0 heterocycles. The van der Waals surface area contributed by atoms with Crippen LogP contribution in [0.4, 0.5) is 0 Å². The lowest BCUT2D eigenvalue weighted by Gasteiger charge is -2.11. The average molecular weight is 263 g/mol. The smallest absolute Gasteiger partial charge is 0.321 e. The molecule has 0 bridgehead atoms. The zero-order chi connectivity index (χ0) is 12.2. The van der Waals surface area contributed by atoms with Crippen LogP contribution in [0.5, 0.6) is 0 Å². The molecule has 6 heteroatoms. The Morgan fingerprint density at radius 2 is 2.25 bits per heavy atom. The maximum atomic E-state index is 11.7. The number of hydrogen-bond acceptors (Lipinski definition) is 3. The molecule has 1 aromatic carbocycles. The van der Waals surface area contributed by atoms with E-state index in [4.69, 9.17) is 16.1 Å². The Morgan fingerprint density at radius 1 is 1.56 bits per heavy atom. The number of rotatable bonds is 5. The van der Waals surface area contributed by atoms with Gasteiger partial charge < -0.3 is 9.42 Å². The molecule has 1 aromatic rings. The Morgan fingerprint density at radius 3 is 2.81 bits per heavy atom. The predicted molar refractivity (Wildman–Crippen MR) is 62.3 cm³/mol. The molecule has 0 aliphatic rings. The molecule has 1 N–H and O–H groups in total. The average Bonchev–Trinajstić information content (AvgIpc) is 2.26. The predicted octanol–water partition coefficient (Wildman–Crippen LogP) is 2.30. The molecule has 1 unspecified atom stereocenters. The Kier molecular flexibility index (Phi) is 4.69. The summed E-state index contributed by atoms with van der Waals surface area (Å²) in [6.45, 7) is 2.02. The number of benzene rings is 1. The molecule has 4 nitrogen and oxygen atoms in total. The van der Waals surface area contributed by atoms with Crippen LogP contribution in [0.15, 0.2) is 24.3 Å². The van der Waals surface area contributed by atoms with Gasteiger partial charge >= 0.3 is 7.60 Å². The first-order chi connectivity index (χ1) is 7.47. The third-order valence-electron chi connectivity index (χ3n) is 1.87. The van der Waals surface area contributed by atoms with Gasteiger partial charge in [-0.15, -0.1) is 0 Å². The van der Waals surface area contributed by atoms with Crippen molar-refractivity contribution in [3.8, 4) is 0 Å². The minimum Gasteiger partial charge on any atom is -0.321 e. The molecule has 0 saturated heterocycles. The van der Waals surface area contributed by atoms with Gasteiger partial charge in [0.15, 0.2) is 0 Å². The van der Waals surface area contributed by atoms with Crippen LogP contribution in [-0.4, -0.2) is 16.7 Å². The molecule has 1 atom stereocenters. The van der Waals surface area contributed by atoms with Crippen molar-refractivity contribution < 1.29 is 18.8 Å². The molecular formula is C10H12ClO4P. The van der Waals surface area contributed by atoms with Crippen LogP contribution in [0, 0.1) is 0 Å². The van der Waals surface area contributed by atoms with Crippen LogP contribution >= 0.6 is 19.2 Å². The summed E-state index contributed by atoms with van der Waals surface area (Å²) in [5.74, 6) is 0. The van der Waals surface area contributed by atoms with Crippen LogP contribution < -0.4 is 5.30 Å². The number of halogens is 1. The van der Waals surface area contributed by atoms with Crippen molar-refractivity contribution in [1.29, 1.82) is 0 Å². The lowest BCUT2D eigenvalue weighted by molar-refractivity contribution is 0.108. The van der Waals surface area contributed by atoms with E-state index in [0.29, 0.717) is 6.42 Å². The van der Waals surface area contributed by atoms with Crippen molar-refractivity contribution in [2.75, 3.05) is 6.61 Å². The lowest BCUT2D eigenvalue weighted by Crippen LogP contribution is -2.09. The van der Waals surface area contributed by atoms with Gasteiger partial charge in [-0.2, -0.15) is 0 Å². The van der Waals surface area contributed by atoms with Crippen molar-refractivity contribution in [3.05, 3.63) is 29.8 Å². The summed E-state index contributed by atoms with van der Waals surface area (Å²) in [7, 11) is -3.84. The molecule has 0 fully saturated rings. The summed E-state index contributed by atoms with van der Waals surface area (Å²) in [5, 5.41) is -0.593. The molecule has 0 amide bonds. The van der Waals surface area contributed by atoms with Crippen LogP contribution in [0.2, 0.25) is 0 Å². The maximum Gasteiger partial charge on any atom is 0.358 e. The topological polar surface area (TPSA) is 63.6 Å². The summed E-state index contributed by atoms with van der Waals surface area (Å²) >= 11 is 5.28. The van der Waals surface area contributed by atoms with Gasteiger partial charge in [0.05, 0.1) is 11.9 Å². The molecule has 0 radical (unpaired) electrons. The third-order valence-corrected chi connectivity index (χ3v) is 3.55. The standard InChI is InChI=1S/C10H12ClO4P/c1-2-6-15-16(13,14)9-5-3-4-8(7-9)10(11)12/h3-5,7H,2,6H2,1H3,(H,13,14). The fourth-order valence-corrected chi connectivity index (χ4v) is 2.37. The molecule has 0 aliphatic carbocycles. The first-order valence-corrected chi connectivity index (χ1v) is 6.70. The van der Waals surface area contributed by atoms with Gasteiger partial charge in [0.25, 0.3) is 5.24 Å². The minimum atomic E-state index is -3.84. The highest BCUT2D eigenvalue weighted by Crippen LogP contribution is 2.40. The highest BCUT2D eigenvalue weighted by atomic mass is 35.5. The maximum absolute atomic E-state index is 11.7. The molecule has 0 aromatic heterocycles. The van der Waals surface area contributed by atoms with Crippen molar-refractivity contribution in [3.63, 3.8) is 0 Å². The van der Waals surface area contributed by atoms with Crippen LogP contribution in [0.1, 0.15) is 23.7 Å². The monoisotopic (exact) mass is 262 g/mol. The molecule has 1 rings (SSSR count). The van der Waals surface area contributed by atoms with Crippen molar-refractivity contribution in [2.45, 2.75) is 13.3 Å². The Bertz CT molecular complexity index is 433. The first-order valence-electron chi connectivity index (χ1n) is 4.75. The summed E-state index contributed by atoms with van der Waals surface area (Å²) in [5.41, 5.74) is 0.175. The second-order valence-corrected chi connectivity index (χ2v) is 5.34. The fourth-order valence-electron chi connectivity index (χ4n) is 1.09. The van der Waals surface area contributed by atoms with Gasteiger partial charge in [0.1, 0.15) is 0 Å². The van der Waals surface area contributed by atoms with E-state index in [1.165, 1.54) is 24.3 Å². The Hall–Kier alpha value is -0.670. The largest absolute Gasteiger partial charge is 0.358 e. The van der Waals surface area contributed by atoms with Crippen molar-refractivity contribution >= 4 is 29.7 Å². The van der Waals surface area contributed by atoms with E-state index >= 15 is 0 Å². The number of hydrogen-bond donors (Lipinski definition) is 1. The summed E-state index contributed by atoms with van der Waals surface area (Å²) in [6.07, 6.45) is 0.638. The van der Waals surface area contributed by atoms with Gasteiger partial charge in [-0.25, -0.2) is 0 Å². The highest BCUT2D eigenvalue weighted by Gasteiger charge is 2.22. The third kappa shape index (κ3) is 3.42. The zero-order valence-corrected chi connectivity index (χ0v) is 10.4. The summed E-state index contributed by atoms with van der Waals surface area (Å²) in [6, 6.07) is 5.66. The van der Waals surface area contributed by atoms with E-state index in [1.54, 1.807) is 0 Å². The summed E-state index contributed by atoms with van der Waals surface area (Å²) < 4.78 is 16.6. The fraction of sp³-hybridized carbons (Fsp3) is 0.300. The molecule has 88 valence electrons. The van der Waals surface area contributed by atoms with E-state index in [-0.39, 0.29) is 17.5 Å². The van der Waals surface area contributed by atoms with Gasteiger partial charge in [-0.05, 0) is 30.2 Å². The van der Waals surface area contributed by atoms with Crippen molar-refractivity contribution in [2.24, 2.45) is 0 Å². The molecule has 0 aliphatic heterocycles. The van der Waals surface area contributed by atoms with Crippen LogP contribution in [0.3, 0.4) is 0 Å². The van der Waals surface area contributed by atoms with Crippen LogP contribution in [0.25, 0.3) is 0 Å². The molecule has 0 saturated carbocycles. The SMILES string of the molecule is CCCOP(=O)(O)c1cccc(C(=O)Cl)c1. The molecular weight excluding hydrogens is 251 g/mol. The highest BCUT2D eigenvalue weighted by molar-refractivity contribution is 7.61. The summed E-state index contributed by atoms with van der Waals surface area (Å²) in [4.78, 5) is 20.5. The second-order valence-electron chi connectivity index (χ2n) is 3.18. The van der Waals surface area contributed by atoms with Gasteiger partial charge in [0.2, 0.25) is 0 Å². The zero-order valence-electron chi connectivity index (χ0n) is 8.72. The van der Waals surface area contributed by atoms with Gasteiger partial charge in [-0.1, -0.05) is 19.1 Å². The molecule has 0 spiro atoms. The quantitative estimate of drug-likeness (QED) is 0.653. The molecule has 16 heavy (non-hydrogen) atoms. The number of carbonyl (C=O) groups is 1. The van der Waals surface area contributed by atoms with E-state index in [0.717, 1.165) is 0 Å². The lowest BCUT2D eigenvalue weighted by atomic mass is 10.2. The van der Waals surface area contributed by atoms with Crippen LogP contribution in [-0.2, 0) is 9.09 Å². The van der Waals surface area contributed by atoms with E-state index in [2.05, 4.69) is 0 Å².